The van der Waals surface area contributed by atoms with Crippen molar-refractivity contribution >= 4 is 17.4 Å². The van der Waals surface area contributed by atoms with Crippen LogP contribution in [0.4, 0.5) is 5.69 Å². The molecule has 3 rings (SSSR count). The zero-order valence-corrected chi connectivity index (χ0v) is 14.8. The van der Waals surface area contributed by atoms with Crippen LogP contribution < -0.4 is 4.74 Å². The molecule has 0 radical (unpaired) electrons. The molecule has 1 aliphatic carbocycles. The van der Waals surface area contributed by atoms with Crippen LogP contribution in [0.2, 0.25) is 0 Å². The van der Waals surface area contributed by atoms with Crippen LogP contribution in [0.3, 0.4) is 0 Å². The third-order valence-electron chi connectivity index (χ3n) is 4.36. The van der Waals surface area contributed by atoms with Crippen LogP contribution in [0.25, 0.3) is 0 Å². The molecule has 0 bridgehead atoms. The van der Waals surface area contributed by atoms with Gasteiger partial charge in [0.25, 0.3) is 0 Å². The standard InChI is InChI=1S/C19H18N2O6/c1-11-7-13-9-14(22)4-5-15(13)16(8-11)20-27-19(23)12-3-6-18(26-2)17(10-12)21(24)25/h3-6,9-11,22H,7-8H2,1-2H3. The first-order valence-corrected chi connectivity index (χ1v) is 8.32. The number of nitro groups is 1. The number of carbonyl (C=O) groups excluding carboxylic acids is 1. The van der Waals surface area contributed by atoms with Gasteiger partial charge in [0.05, 0.1) is 23.3 Å². The number of nitro benzene ring substituents is 1. The second-order valence-corrected chi connectivity index (χ2v) is 6.42. The van der Waals surface area contributed by atoms with E-state index in [0.29, 0.717) is 12.1 Å². The Morgan fingerprint density at radius 3 is 2.74 bits per heavy atom. The van der Waals surface area contributed by atoms with E-state index in [1.165, 1.54) is 19.2 Å². The average Bonchev–Trinajstić information content (AvgIpc) is 2.64. The first-order valence-electron chi connectivity index (χ1n) is 8.32. The van der Waals surface area contributed by atoms with Crippen LogP contribution in [0.15, 0.2) is 41.6 Å². The molecule has 0 aromatic heterocycles. The maximum absolute atomic E-state index is 12.3. The maximum atomic E-state index is 12.3. The summed E-state index contributed by atoms with van der Waals surface area (Å²) in [5.41, 5.74) is 2.02. The number of rotatable bonds is 4. The number of phenols is 1. The molecule has 0 saturated carbocycles. The summed E-state index contributed by atoms with van der Waals surface area (Å²) in [5, 5.41) is 24.7. The Labute approximate surface area is 155 Å². The van der Waals surface area contributed by atoms with Crippen LogP contribution in [0, 0.1) is 16.0 Å². The maximum Gasteiger partial charge on any atom is 0.365 e. The fourth-order valence-corrected chi connectivity index (χ4v) is 3.11. The molecule has 1 aliphatic rings. The van der Waals surface area contributed by atoms with E-state index < -0.39 is 10.9 Å². The lowest BCUT2D eigenvalue weighted by molar-refractivity contribution is -0.385. The molecule has 2 aromatic carbocycles. The van der Waals surface area contributed by atoms with E-state index in [1.807, 2.05) is 6.92 Å². The van der Waals surface area contributed by atoms with Crippen LogP contribution in [-0.2, 0) is 11.3 Å². The molecule has 2 aromatic rings. The summed E-state index contributed by atoms with van der Waals surface area (Å²) in [6, 6.07) is 8.78. The van der Waals surface area contributed by atoms with Crippen molar-refractivity contribution in [3.63, 3.8) is 0 Å². The molecule has 8 nitrogen and oxygen atoms in total. The van der Waals surface area contributed by atoms with Gasteiger partial charge >= 0.3 is 11.7 Å². The Kier molecular flexibility index (Phi) is 5.07. The number of hydrogen-bond acceptors (Lipinski definition) is 7. The number of aromatic hydroxyl groups is 1. The van der Waals surface area contributed by atoms with E-state index in [4.69, 9.17) is 9.57 Å². The van der Waals surface area contributed by atoms with E-state index >= 15 is 0 Å². The van der Waals surface area contributed by atoms with Crippen molar-refractivity contribution < 1.29 is 24.4 Å². The van der Waals surface area contributed by atoms with Crippen LogP contribution in [0.1, 0.15) is 34.8 Å². The number of ether oxygens (including phenoxy) is 1. The van der Waals surface area contributed by atoms with Crippen molar-refractivity contribution in [2.45, 2.75) is 19.8 Å². The summed E-state index contributed by atoms with van der Waals surface area (Å²) in [6.45, 7) is 2.04. The summed E-state index contributed by atoms with van der Waals surface area (Å²) in [7, 11) is 1.31. The molecule has 0 aliphatic heterocycles. The summed E-state index contributed by atoms with van der Waals surface area (Å²) < 4.78 is 4.92. The van der Waals surface area contributed by atoms with Crippen molar-refractivity contribution in [1.29, 1.82) is 0 Å². The van der Waals surface area contributed by atoms with Crippen molar-refractivity contribution in [1.82, 2.24) is 0 Å². The Morgan fingerprint density at radius 2 is 2.04 bits per heavy atom. The first kappa shape index (κ1) is 18.4. The minimum atomic E-state index is -0.799. The van der Waals surface area contributed by atoms with Gasteiger partial charge in [-0.1, -0.05) is 12.1 Å². The van der Waals surface area contributed by atoms with E-state index in [0.717, 1.165) is 23.6 Å². The highest BCUT2D eigenvalue weighted by atomic mass is 16.7. The molecule has 1 unspecified atom stereocenters. The molecule has 8 heteroatoms. The molecule has 140 valence electrons. The van der Waals surface area contributed by atoms with Crippen LogP contribution in [-0.4, -0.2) is 28.8 Å². The molecule has 1 N–H and O–H groups in total. The molecule has 0 fully saturated rings. The largest absolute Gasteiger partial charge is 0.508 e. The Bertz CT molecular complexity index is 938. The van der Waals surface area contributed by atoms with Gasteiger partial charge in [-0.3, -0.25) is 10.1 Å². The lowest BCUT2D eigenvalue weighted by Gasteiger charge is -2.22. The molecular formula is C19H18N2O6. The fraction of sp³-hybridized carbons (Fsp3) is 0.263. The van der Waals surface area contributed by atoms with Gasteiger partial charge in [0.15, 0.2) is 5.75 Å². The number of fused-ring (bicyclic) bond motifs is 1. The number of benzene rings is 2. The number of hydrogen-bond donors (Lipinski definition) is 1. The zero-order chi connectivity index (χ0) is 19.6. The van der Waals surface area contributed by atoms with Gasteiger partial charge in [-0.05, 0) is 54.7 Å². The minimum Gasteiger partial charge on any atom is -0.508 e. The molecular weight excluding hydrogens is 352 g/mol. The van der Waals surface area contributed by atoms with Crippen molar-refractivity contribution in [2.75, 3.05) is 7.11 Å². The van der Waals surface area contributed by atoms with Gasteiger partial charge in [0.2, 0.25) is 0 Å². The molecule has 0 saturated heterocycles. The molecule has 0 amide bonds. The topological polar surface area (TPSA) is 111 Å². The van der Waals surface area contributed by atoms with Gasteiger partial charge in [0, 0.05) is 11.6 Å². The van der Waals surface area contributed by atoms with Gasteiger partial charge in [-0.2, -0.15) is 0 Å². The van der Waals surface area contributed by atoms with Crippen molar-refractivity contribution in [2.24, 2.45) is 11.1 Å². The third-order valence-corrected chi connectivity index (χ3v) is 4.36. The number of nitrogens with zero attached hydrogens (tertiary/aromatic N) is 2. The fourth-order valence-electron chi connectivity index (χ4n) is 3.11. The lowest BCUT2D eigenvalue weighted by atomic mass is 9.83. The Morgan fingerprint density at radius 1 is 1.26 bits per heavy atom. The van der Waals surface area contributed by atoms with Gasteiger partial charge in [-0.15, -0.1) is 0 Å². The van der Waals surface area contributed by atoms with E-state index in [2.05, 4.69) is 5.16 Å². The van der Waals surface area contributed by atoms with Gasteiger partial charge < -0.3 is 14.7 Å². The number of carbonyl (C=O) groups is 1. The highest BCUT2D eigenvalue weighted by molar-refractivity contribution is 6.03. The number of oxime groups is 1. The molecule has 0 spiro atoms. The van der Waals surface area contributed by atoms with Crippen LogP contribution >= 0.6 is 0 Å². The van der Waals surface area contributed by atoms with E-state index in [1.54, 1.807) is 18.2 Å². The monoisotopic (exact) mass is 370 g/mol. The number of phenolic OH excluding ortho intramolecular Hbond substituents is 1. The smallest absolute Gasteiger partial charge is 0.365 e. The highest BCUT2D eigenvalue weighted by Crippen LogP contribution is 2.30. The second kappa shape index (κ2) is 7.45. The summed E-state index contributed by atoms with van der Waals surface area (Å²) >= 11 is 0. The normalized spacial score (nSPS) is 17.3. The molecule has 27 heavy (non-hydrogen) atoms. The molecule has 1 atom stereocenters. The van der Waals surface area contributed by atoms with Crippen molar-refractivity contribution in [3.05, 3.63) is 63.2 Å². The van der Waals surface area contributed by atoms with Gasteiger partial charge in [0.1, 0.15) is 5.75 Å². The molecule has 0 heterocycles. The first-order chi connectivity index (χ1) is 12.9. The lowest BCUT2D eigenvalue weighted by Crippen LogP contribution is -2.19. The SMILES string of the molecule is COc1ccc(C(=O)ON=C2CC(C)Cc3cc(O)ccc32)cc1[N+](=O)[O-]. The van der Waals surface area contributed by atoms with Gasteiger partial charge in [-0.25, -0.2) is 4.79 Å². The van der Waals surface area contributed by atoms with E-state index in [-0.39, 0.29) is 28.7 Å². The Hall–Kier alpha value is -3.42. The quantitative estimate of drug-likeness (QED) is 0.501. The minimum absolute atomic E-state index is 0.00152. The Balaban J connectivity index is 1.85. The van der Waals surface area contributed by atoms with E-state index in [9.17, 15) is 20.0 Å². The summed E-state index contributed by atoms with van der Waals surface area (Å²) in [6.07, 6.45) is 1.41. The number of methoxy groups -OCH3 is 1. The second-order valence-electron chi connectivity index (χ2n) is 6.42. The average molecular weight is 370 g/mol. The third kappa shape index (κ3) is 3.89. The summed E-state index contributed by atoms with van der Waals surface area (Å²) in [5.74, 6) is -0.298. The van der Waals surface area contributed by atoms with Crippen LogP contribution in [0.5, 0.6) is 11.5 Å². The zero-order valence-electron chi connectivity index (χ0n) is 14.8. The highest BCUT2D eigenvalue weighted by Gasteiger charge is 2.23. The summed E-state index contributed by atoms with van der Waals surface area (Å²) in [4.78, 5) is 27.8. The predicted molar refractivity (Wildman–Crippen MR) is 97.2 cm³/mol. The van der Waals surface area contributed by atoms with Crippen molar-refractivity contribution in [3.8, 4) is 11.5 Å². The predicted octanol–water partition coefficient (Wildman–Crippen LogP) is 3.45.